The number of carbonyl (C=O) groups is 1. The minimum atomic E-state index is -0.478. The molecule has 0 radical (unpaired) electrons. The zero-order valence-corrected chi connectivity index (χ0v) is 20.7. The number of rotatable bonds is 8. The number of non-ortho nitro benzene ring substituents is 1. The maximum absolute atomic E-state index is 12.5. The number of nitro benzene ring substituents is 1. The van der Waals surface area contributed by atoms with Crippen LogP contribution in [0.25, 0.3) is 17.1 Å². The van der Waals surface area contributed by atoms with Gasteiger partial charge in [-0.15, -0.1) is 10.2 Å². The summed E-state index contributed by atoms with van der Waals surface area (Å²) in [6.07, 6.45) is 3.36. The molecule has 2 aromatic heterocycles. The summed E-state index contributed by atoms with van der Waals surface area (Å²) < 4.78 is 2.81. The van der Waals surface area contributed by atoms with Crippen molar-refractivity contribution in [3.8, 4) is 17.1 Å². The van der Waals surface area contributed by atoms with Gasteiger partial charge in [0.15, 0.2) is 11.0 Å². The van der Waals surface area contributed by atoms with Gasteiger partial charge in [-0.3, -0.25) is 24.5 Å². The summed E-state index contributed by atoms with van der Waals surface area (Å²) in [6, 6.07) is 17.4. The molecule has 0 aliphatic carbocycles. The largest absolute Gasteiger partial charge is 0.272 e. The lowest BCUT2D eigenvalue weighted by Gasteiger charge is -2.10. The second-order valence-corrected chi connectivity index (χ2v) is 9.04. The molecule has 35 heavy (non-hydrogen) atoms. The average molecular weight is 552 g/mol. The molecule has 0 bridgehead atoms. The fourth-order valence-corrected chi connectivity index (χ4v) is 4.10. The van der Waals surface area contributed by atoms with Crippen molar-refractivity contribution in [2.24, 2.45) is 5.10 Å². The molecule has 10 nitrogen and oxygen atoms in total. The lowest BCUT2D eigenvalue weighted by molar-refractivity contribution is -0.384. The van der Waals surface area contributed by atoms with Crippen molar-refractivity contribution in [1.82, 2.24) is 25.2 Å². The Morgan fingerprint density at radius 3 is 2.60 bits per heavy atom. The highest BCUT2D eigenvalue weighted by Gasteiger charge is 2.17. The third-order valence-corrected chi connectivity index (χ3v) is 6.27. The number of benzene rings is 2. The van der Waals surface area contributed by atoms with Crippen LogP contribution in [0.2, 0.25) is 0 Å². The molecule has 176 valence electrons. The Bertz CT molecular complexity index is 1390. The van der Waals surface area contributed by atoms with Crippen molar-refractivity contribution in [1.29, 1.82) is 0 Å². The van der Waals surface area contributed by atoms with Crippen LogP contribution in [0.1, 0.15) is 12.5 Å². The molecule has 0 saturated heterocycles. The van der Waals surface area contributed by atoms with E-state index in [2.05, 4.69) is 41.6 Å². The van der Waals surface area contributed by atoms with Gasteiger partial charge in [-0.2, -0.15) is 5.10 Å². The maximum atomic E-state index is 12.5. The summed E-state index contributed by atoms with van der Waals surface area (Å²) >= 11 is 4.66. The van der Waals surface area contributed by atoms with Gasteiger partial charge in [-0.05, 0) is 43.3 Å². The third-order valence-electron chi connectivity index (χ3n) is 4.81. The number of carbonyl (C=O) groups excluding carboxylic acids is 1. The topological polar surface area (TPSA) is 128 Å². The number of hydrogen-bond donors (Lipinski definition) is 1. The highest BCUT2D eigenvalue weighted by Crippen LogP contribution is 2.28. The highest BCUT2D eigenvalue weighted by molar-refractivity contribution is 9.10. The lowest BCUT2D eigenvalue weighted by atomic mass is 10.1. The molecule has 0 aliphatic rings. The summed E-state index contributed by atoms with van der Waals surface area (Å²) in [7, 11) is 0. The minimum Gasteiger partial charge on any atom is -0.272 e. The fraction of sp³-hybridized carbons (Fsp3) is 0.0870. The standard InChI is InChI=1S/C23H18BrN7O3S/c1-15(17-3-2-4-20(13-17)31(33)34)26-27-21(32)14-35-23-29-28-22(16-9-11-25-12-10-16)30(23)19-7-5-18(24)6-8-19/h2-13H,14H2,1H3,(H,27,32)/b26-15+. The number of pyridine rings is 1. The van der Waals surface area contributed by atoms with E-state index in [-0.39, 0.29) is 17.3 Å². The minimum absolute atomic E-state index is 0.0384. The zero-order chi connectivity index (χ0) is 24.8. The summed E-state index contributed by atoms with van der Waals surface area (Å²) in [5, 5.41) is 24.2. The molecule has 4 aromatic rings. The van der Waals surface area contributed by atoms with Crippen molar-refractivity contribution in [3.05, 3.63) is 93.2 Å². The van der Waals surface area contributed by atoms with Gasteiger partial charge in [0, 0.05) is 45.8 Å². The first-order valence-electron chi connectivity index (χ1n) is 10.2. The number of nitrogens with zero attached hydrogens (tertiary/aromatic N) is 6. The molecule has 4 rings (SSSR count). The van der Waals surface area contributed by atoms with E-state index in [1.807, 2.05) is 41.0 Å². The number of hydrazone groups is 1. The van der Waals surface area contributed by atoms with Crippen LogP contribution in [0.15, 0.2) is 87.8 Å². The Morgan fingerprint density at radius 2 is 1.89 bits per heavy atom. The van der Waals surface area contributed by atoms with E-state index in [0.717, 1.165) is 15.7 Å². The second kappa shape index (κ2) is 11.0. The quantitative estimate of drug-likeness (QED) is 0.146. The average Bonchev–Trinajstić information content (AvgIpc) is 3.31. The first-order chi connectivity index (χ1) is 16.9. The lowest BCUT2D eigenvalue weighted by Crippen LogP contribution is -2.21. The van der Waals surface area contributed by atoms with Crippen molar-refractivity contribution in [2.45, 2.75) is 12.1 Å². The number of aromatic nitrogens is 4. The third kappa shape index (κ3) is 5.97. The summed E-state index contributed by atoms with van der Waals surface area (Å²) in [4.78, 5) is 27.0. The summed E-state index contributed by atoms with van der Waals surface area (Å²) in [6.45, 7) is 1.66. The molecule has 2 heterocycles. The van der Waals surface area contributed by atoms with E-state index in [9.17, 15) is 14.9 Å². The smallest absolute Gasteiger partial charge is 0.270 e. The molecule has 0 spiro atoms. The molecule has 0 atom stereocenters. The SMILES string of the molecule is C/C(=N\NC(=O)CSc1nnc(-c2ccncc2)n1-c1ccc(Br)cc1)c1cccc([N+](=O)[O-])c1. The number of amides is 1. The van der Waals surface area contributed by atoms with E-state index in [1.54, 1.807) is 31.5 Å². The first-order valence-corrected chi connectivity index (χ1v) is 12.0. The van der Waals surface area contributed by atoms with Gasteiger partial charge >= 0.3 is 0 Å². The maximum Gasteiger partial charge on any atom is 0.270 e. The Balaban J connectivity index is 1.50. The molecule has 2 aromatic carbocycles. The molecule has 0 fully saturated rings. The first kappa shape index (κ1) is 24.2. The van der Waals surface area contributed by atoms with Gasteiger partial charge in [0.2, 0.25) is 0 Å². The van der Waals surface area contributed by atoms with Crippen molar-refractivity contribution in [2.75, 3.05) is 5.75 Å². The Hall–Kier alpha value is -3.90. The number of hydrogen-bond acceptors (Lipinski definition) is 8. The summed E-state index contributed by atoms with van der Waals surface area (Å²) in [5.74, 6) is 0.309. The fourth-order valence-electron chi connectivity index (χ4n) is 3.09. The van der Waals surface area contributed by atoms with E-state index >= 15 is 0 Å². The number of nitrogens with one attached hydrogen (secondary N) is 1. The number of thioether (sulfide) groups is 1. The van der Waals surface area contributed by atoms with Gasteiger partial charge in [0.05, 0.1) is 16.4 Å². The van der Waals surface area contributed by atoms with Crippen LogP contribution < -0.4 is 5.43 Å². The van der Waals surface area contributed by atoms with Crippen LogP contribution >= 0.6 is 27.7 Å². The monoisotopic (exact) mass is 551 g/mol. The predicted octanol–water partition coefficient (Wildman–Crippen LogP) is 4.63. The number of halogens is 1. The van der Waals surface area contributed by atoms with E-state index in [4.69, 9.17) is 0 Å². The Morgan fingerprint density at radius 1 is 1.14 bits per heavy atom. The highest BCUT2D eigenvalue weighted by atomic mass is 79.9. The zero-order valence-electron chi connectivity index (χ0n) is 18.3. The van der Waals surface area contributed by atoms with Gasteiger partial charge < -0.3 is 0 Å². The van der Waals surface area contributed by atoms with Crippen LogP contribution in [-0.4, -0.2) is 42.0 Å². The Labute approximate surface area is 212 Å². The second-order valence-electron chi connectivity index (χ2n) is 7.18. The molecule has 0 unspecified atom stereocenters. The normalized spacial score (nSPS) is 11.3. The van der Waals surface area contributed by atoms with Crippen LogP contribution in [0.3, 0.4) is 0 Å². The molecular weight excluding hydrogens is 534 g/mol. The Kier molecular flexibility index (Phi) is 7.63. The van der Waals surface area contributed by atoms with Gasteiger partial charge in [-0.1, -0.05) is 39.8 Å². The van der Waals surface area contributed by atoms with Crippen molar-refractivity contribution < 1.29 is 9.72 Å². The van der Waals surface area contributed by atoms with Crippen LogP contribution in [0, 0.1) is 10.1 Å². The van der Waals surface area contributed by atoms with Gasteiger partial charge in [0.25, 0.3) is 11.6 Å². The molecule has 1 amide bonds. The van der Waals surface area contributed by atoms with Crippen molar-refractivity contribution in [3.63, 3.8) is 0 Å². The predicted molar refractivity (Wildman–Crippen MR) is 136 cm³/mol. The van der Waals surface area contributed by atoms with E-state index in [1.165, 1.54) is 23.9 Å². The molecular formula is C23H18BrN7O3S. The number of nitro groups is 1. The molecule has 12 heteroatoms. The van der Waals surface area contributed by atoms with Gasteiger partial charge in [0.1, 0.15) is 0 Å². The van der Waals surface area contributed by atoms with Crippen LogP contribution in [0.4, 0.5) is 5.69 Å². The van der Waals surface area contributed by atoms with E-state index in [0.29, 0.717) is 22.3 Å². The van der Waals surface area contributed by atoms with Crippen LogP contribution in [-0.2, 0) is 4.79 Å². The van der Waals surface area contributed by atoms with Crippen molar-refractivity contribution >= 4 is 45.0 Å². The van der Waals surface area contributed by atoms with E-state index < -0.39 is 4.92 Å². The van der Waals surface area contributed by atoms with Crippen LogP contribution in [0.5, 0.6) is 0 Å². The summed E-state index contributed by atoms with van der Waals surface area (Å²) in [5.41, 5.74) is 5.12. The van der Waals surface area contributed by atoms with Gasteiger partial charge in [-0.25, -0.2) is 5.43 Å². The molecule has 0 aliphatic heterocycles. The molecule has 0 saturated carbocycles. The molecule has 1 N–H and O–H groups in total.